The number of rotatable bonds is 6. The van der Waals surface area contributed by atoms with E-state index in [4.69, 9.17) is 15.3 Å². The van der Waals surface area contributed by atoms with Gasteiger partial charge in [0.05, 0.1) is 5.56 Å². The fourth-order valence-electron chi connectivity index (χ4n) is 1.92. The van der Waals surface area contributed by atoms with Crippen LogP contribution in [0.2, 0.25) is 0 Å². The minimum atomic E-state index is -0.567. The van der Waals surface area contributed by atoms with Crippen LogP contribution in [0, 0.1) is 0 Å². The van der Waals surface area contributed by atoms with Gasteiger partial charge in [0.2, 0.25) is 0 Å². The van der Waals surface area contributed by atoms with Crippen LogP contribution in [0.15, 0.2) is 53.0 Å². The van der Waals surface area contributed by atoms with E-state index >= 15 is 0 Å². The third-order valence-electron chi connectivity index (χ3n) is 3.33. The van der Waals surface area contributed by atoms with Gasteiger partial charge < -0.3 is 4.74 Å². The number of hydrogen-bond donors (Lipinski definition) is 2. The number of nitrogens with one attached hydrogen (secondary N) is 1. The number of benzene rings is 2. The first-order chi connectivity index (χ1) is 11.5. The van der Waals surface area contributed by atoms with Crippen LogP contribution in [0.5, 0.6) is 5.75 Å². The molecule has 0 amide bonds. The summed E-state index contributed by atoms with van der Waals surface area (Å²) in [7, 11) is 0. The molecule has 0 heterocycles. The Morgan fingerprint density at radius 3 is 2.33 bits per heavy atom. The highest BCUT2D eigenvalue weighted by atomic mass is 79.9. The predicted molar refractivity (Wildman–Crippen MR) is 95.5 cm³/mol. The van der Waals surface area contributed by atoms with E-state index in [-0.39, 0.29) is 12.4 Å². The van der Waals surface area contributed by atoms with Gasteiger partial charge in [-0.15, -0.1) is 0 Å². The van der Waals surface area contributed by atoms with Crippen LogP contribution in [0.4, 0.5) is 0 Å². The largest absolute Gasteiger partial charge is 0.482 e. The third-order valence-corrected chi connectivity index (χ3v) is 3.86. The number of nitrogens with two attached hydrogens (primary N) is 1. The average molecular weight is 392 g/mol. The lowest BCUT2D eigenvalue weighted by molar-refractivity contribution is -0.724. The Morgan fingerprint density at radius 1 is 1.12 bits per heavy atom. The first kappa shape index (κ1) is 18.0. The molecule has 5 nitrogen and oxygen atoms in total. The summed E-state index contributed by atoms with van der Waals surface area (Å²) in [6.45, 7) is 4.03. The van der Waals surface area contributed by atoms with Gasteiger partial charge in [0, 0.05) is 4.47 Å². The second-order valence-electron chi connectivity index (χ2n) is 5.51. The van der Waals surface area contributed by atoms with Crippen LogP contribution in [-0.4, -0.2) is 18.4 Å². The second kappa shape index (κ2) is 8.49. The molecule has 0 aliphatic carbocycles. The van der Waals surface area contributed by atoms with Crippen molar-refractivity contribution >= 4 is 27.7 Å². The minimum Gasteiger partial charge on any atom is -0.482 e. The molecule has 0 bridgehead atoms. The molecule has 2 aromatic rings. The Balaban J connectivity index is 1.84. The van der Waals surface area contributed by atoms with Gasteiger partial charge in [0.25, 0.3) is 0 Å². The van der Waals surface area contributed by atoms with Crippen LogP contribution < -0.4 is 15.6 Å². The standard InChI is InChI=1S/C18H19BrN2O3/c1-12(2)13-5-9-16(10-6-13)23-11-17(22)24-21-18(20)14-3-7-15(19)8-4-14/h3-10,12H,11H2,1-2H3,(H2,20,21)/p+1. The predicted octanol–water partition coefficient (Wildman–Crippen LogP) is 1.90. The van der Waals surface area contributed by atoms with Gasteiger partial charge in [-0.2, -0.15) is 0 Å². The van der Waals surface area contributed by atoms with E-state index in [1.807, 2.05) is 36.4 Å². The molecular formula is C18H20BrN2O3+. The number of carbonyl (C=O) groups excluding carboxylic acids is 1. The molecule has 0 saturated carbocycles. The highest BCUT2D eigenvalue weighted by Gasteiger charge is 2.09. The maximum Gasteiger partial charge on any atom is 0.394 e. The molecule has 24 heavy (non-hydrogen) atoms. The fraction of sp³-hybridized carbons (Fsp3) is 0.222. The first-order valence-corrected chi connectivity index (χ1v) is 8.32. The summed E-state index contributed by atoms with van der Waals surface area (Å²) in [6.07, 6.45) is 0. The van der Waals surface area contributed by atoms with Crippen molar-refractivity contribution in [2.75, 3.05) is 6.61 Å². The number of amidine groups is 1. The SMILES string of the molecule is CC(C)c1ccc(OCC(=O)O[NH+]=C(N)c2ccc(Br)cc2)cc1. The van der Waals surface area contributed by atoms with E-state index < -0.39 is 5.97 Å². The highest BCUT2D eigenvalue weighted by molar-refractivity contribution is 9.10. The van der Waals surface area contributed by atoms with Crippen LogP contribution in [0.3, 0.4) is 0 Å². The number of hydrogen-bond acceptors (Lipinski definition) is 3. The Labute approximate surface area is 149 Å². The zero-order valence-corrected chi connectivity index (χ0v) is 15.2. The molecule has 0 aromatic heterocycles. The Morgan fingerprint density at radius 2 is 1.75 bits per heavy atom. The summed E-state index contributed by atoms with van der Waals surface area (Å²) >= 11 is 3.34. The van der Waals surface area contributed by atoms with Crippen molar-refractivity contribution in [2.45, 2.75) is 19.8 Å². The molecule has 0 unspecified atom stereocenters. The first-order valence-electron chi connectivity index (χ1n) is 7.52. The van der Waals surface area contributed by atoms with Gasteiger partial charge in [0.1, 0.15) is 5.75 Å². The molecule has 0 spiro atoms. The molecule has 0 radical (unpaired) electrons. The van der Waals surface area contributed by atoms with Gasteiger partial charge >= 0.3 is 11.8 Å². The van der Waals surface area contributed by atoms with Crippen LogP contribution >= 0.6 is 15.9 Å². The number of halogens is 1. The minimum absolute atomic E-state index is 0.207. The lowest BCUT2D eigenvalue weighted by Gasteiger charge is -2.07. The van der Waals surface area contributed by atoms with E-state index in [9.17, 15) is 4.79 Å². The fourth-order valence-corrected chi connectivity index (χ4v) is 2.19. The molecule has 0 fully saturated rings. The molecule has 0 saturated heterocycles. The summed E-state index contributed by atoms with van der Waals surface area (Å²) in [4.78, 5) is 16.6. The summed E-state index contributed by atoms with van der Waals surface area (Å²) < 4.78 is 6.32. The summed E-state index contributed by atoms with van der Waals surface area (Å²) in [5.74, 6) is 0.742. The Kier molecular flexibility index (Phi) is 6.37. The summed E-state index contributed by atoms with van der Waals surface area (Å²) in [6, 6.07) is 14.9. The highest BCUT2D eigenvalue weighted by Crippen LogP contribution is 2.18. The quantitative estimate of drug-likeness (QED) is 0.341. The van der Waals surface area contributed by atoms with E-state index in [1.165, 1.54) is 5.56 Å². The topological polar surface area (TPSA) is 75.5 Å². The van der Waals surface area contributed by atoms with Crippen molar-refractivity contribution in [2.24, 2.45) is 5.73 Å². The van der Waals surface area contributed by atoms with E-state index in [0.717, 1.165) is 10.0 Å². The Bertz CT molecular complexity index is 710. The molecule has 0 aliphatic rings. The maximum atomic E-state index is 11.7. The van der Waals surface area contributed by atoms with Crippen molar-refractivity contribution < 1.29 is 19.5 Å². The smallest absolute Gasteiger partial charge is 0.394 e. The lowest BCUT2D eigenvalue weighted by atomic mass is 10.0. The van der Waals surface area contributed by atoms with Crippen LogP contribution in [0.1, 0.15) is 30.9 Å². The number of nitrogen functional groups attached to an aromatic ring is 1. The monoisotopic (exact) mass is 391 g/mol. The van der Waals surface area contributed by atoms with E-state index in [1.54, 1.807) is 12.1 Å². The lowest BCUT2D eigenvalue weighted by Crippen LogP contribution is -2.76. The summed E-state index contributed by atoms with van der Waals surface area (Å²) in [5.41, 5.74) is 7.75. The second-order valence-corrected chi connectivity index (χ2v) is 6.42. The third kappa shape index (κ3) is 5.38. The van der Waals surface area contributed by atoms with Crippen LogP contribution in [0.25, 0.3) is 0 Å². The molecule has 6 heteroatoms. The normalized spacial score (nSPS) is 11.4. The van der Waals surface area contributed by atoms with E-state index in [2.05, 4.69) is 34.9 Å². The van der Waals surface area contributed by atoms with Gasteiger partial charge in [-0.3, -0.25) is 10.6 Å². The van der Waals surface area contributed by atoms with Crippen molar-refractivity contribution in [3.63, 3.8) is 0 Å². The molecule has 2 aromatic carbocycles. The maximum absolute atomic E-state index is 11.7. The van der Waals surface area contributed by atoms with Gasteiger partial charge in [0.15, 0.2) is 6.61 Å². The molecule has 0 atom stereocenters. The van der Waals surface area contributed by atoms with Gasteiger partial charge in [-0.1, -0.05) is 47.1 Å². The number of ether oxygens (including phenoxy) is 1. The summed E-state index contributed by atoms with van der Waals surface area (Å²) in [5, 5.41) is 2.43. The zero-order chi connectivity index (χ0) is 17.5. The molecule has 3 N–H and O–H groups in total. The van der Waals surface area contributed by atoms with Crippen LogP contribution in [-0.2, 0) is 9.63 Å². The zero-order valence-electron chi connectivity index (χ0n) is 13.6. The van der Waals surface area contributed by atoms with Crippen molar-refractivity contribution in [1.82, 2.24) is 0 Å². The molecule has 0 aliphatic heterocycles. The van der Waals surface area contributed by atoms with Crippen molar-refractivity contribution in [3.05, 3.63) is 64.1 Å². The average Bonchev–Trinajstić information content (AvgIpc) is 2.58. The molecule has 126 valence electrons. The van der Waals surface area contributed by atoms with Gasteiger partial charge in [-0.25, -0.2) is 4.79 Å². The molecule has 2 rings (SSSR count). The Hall–Kier alpha value is -2.34. The molecular weight excluding hydrogens is 372 g/mol. The van der Waals surface area contributed by atoms with E-state index in [0.29, 0.717) is 11.7 Å². The van der Waals surface area contributed by atoms with Crippen molar-refractivity contribution in [1.29, 1.82) is 0 Å². The number of carbonyl (C=O) groups is 1. The van der Waals surface area contributed by atoms with Gasteiger partial charge in [-0.05, 0) is 47.9 Å². The van der Waals surface area contributed by atoms with Crippen molar-refractivity contribution in [3.8, 4) is 5.75 Å².